The molecule has 0 saturated heterocycles. The van der Waals surface area contributed by atoms with Gasteiger partial charge >= 0.3 is 0 Å². The molecule has 2 fully saturated rings. The van der Waals surface area contributed by atoms with Crippen molar-refractivity contribution in [3.8, 4) is 0 Å². The summed E-state index contributed by atoms with van der Waals surface area (Å²) in [5, 5.41) is 0. The lowest BCUT2D eigenvalue weighted by atomic mass is 9.64. The summed E-state index contributed by atoms with van der Waals surface area (Å²) >= 11 is 0. The smallest absolute Gasteiger partial charge is 0.146 e. The molecule has 0 amide bonds. The Kier molecular flexibility index (Phi) is 3.84. The summed E-state index contributed by atoms with van der Waals surface area (Å²) in [6, 6.07) is 0. The van der Waals surface area contributed by atoms with Crippen molar-refractivity contribution in [2.24, 2.45) is 16.7 Å². The first kappa shape index (κ1) is 14.0. The maximum atomic E-state index is 12.2. The fraction of sp³-hybridized carbons (Fsp3) is 0.933. The molecule has 0 aromatic rings. The Morgan fingerprint density at radius 1 is 1.28 bits per heavy atom. The molecule has 104 valence electrons. The summed E-state index contributed by atoms with van der Waals surface area (Å²) in [6.07, 6.45) is 5.12. The van der Waals surface area contributed by atoms with E-state index in [4.69, 9.17) is 9.47 Å². The van der Waals surface area contributed by atoms with E-state index in [1.54, 1.807) is 7.11 Å². The fourth-order valence-corrected chi connectivity index (χ4v) is 4.28. The molecule has 2 aliphatic rings. The number of fused-ring (bicyclic) bond motifs is 1. The van der Waals surface area contributed by atoms with Gasteiger partial charge in [0.05, 0.1) is 6.10 Å². The largest absolute Gasteiger partial charge is 0.359 e. The molecular formula is C15H26O3. The predicted octanol–water partition coefficient (Wildman–Crippen LogP) is 3.17. The highest BCUT2D eigenvalue weighted by molar-refractivity contribution is 5.87. The van der Waals surface area contributed by atoms with Crippen molar-refractivity contribution in [3.05, 3.63) is 0 Å². The van der Waals surface area contributed by atoms with Crippen molar-refractivity contribution in [2.45, 2.75) is 59.0 Å². The molecule has 0 heterocycles. The van der Waals surface area contributed by atoms with Crippen LogP contribution in [-0.2, 0) is 14.3 Å². The molecule has 0 aromatic heterocycles. The van der Waals surface area contributed by atoms with E-state index in [1.165, 1.54) is 0 Å². The van der Waals surface area contributed by atoms with E-state index in [1.807, 2.05) is 0 Å². The SMILES string of the molecule is COCOC1CCCC2(C)C(=O)CCC2C1(C)C. The number of rotatable bonds is 3. The number of hydrogen-bond donors (Lipinski definition) is 0. The van der Waals surface area contributed by atoms with Crippen LogP contribution < -0.4 is 0 Å². The van der Waals surface area contributed by atoms with Crippen molar-refractivity contribution < 1.29 is 14.3 Å². The van der Waals surface area contributed by atoms with Gasteiger partial charge < -0.3 is 9.47 Å². The standard InChI is InChI=1S/C15H26O3/c1-14(2)11-7-8-12(16)15(11,3)9-5-6-13(14)18-10-17-4/h11,13H,5-10H2,1-4H3. The third kappa shape index (κ3) is 2.12. The van der Waals surface area contributed by atoms with Gasteiger partial charge in [-0.15, -0.1) is 0 Å². The second kappa shape index (κ2) is 4.93. The molecule has 0 radical (unpaired) electrons. The number of ether oxygens (including phenoxy) is 2. The second-order valence-electron chi connectivity index (χ2n) is 6.71. The highest BCUT2D eigenvalue weighted by Gasteiger charge is 2.55. The van der Waals surface area contributed by atoms with Gasteiger partial charge in [0.2, 0.25) is 0 Å². The van der Waals surface area contributed by atoms with Gasteiger partial charge in [-0.25, -0.2) is 0 Å². The summed E-state index contributed by atoms with van der Waals surface area (Å²) in [5.41, 5.74) is -0.0649. The van der Waals surface area contributed by atoms with Crippen LogP contribution in [0, 0.1) is 16.7 Å². The van der Waals surface area contributed by atoms with Gasteiger partial charge in [-0.1, -0.05) is 20.8 Å². The third-order valence-electron chi connectivity index (χ3n) is 5.34. The molecule has 0 bridgehead atoms. The topological polar surface area (TPSA) is 35.5 Å². The van der Waals surface area contributed by atoms with Crippen LogP contribution in [0.15, 0.2) is 0 Å². The quantitative estimate of drug-likeness (QED) is 0.726. The number of ketones is 1. The lowest BCUT2D eigenvalue weighted by Gasteiger charge is -2.42. The van der Waals surface area contributed by atoms with Crippen molar-refractivity contribution >= 4 is 5.78 Å². The first-order valence-corrected chi connectivity index (χ1v) is 7.07. The van der Waals surface area contributed by atoms with E-state index < -0.39 is 0 Å². The van der Waals surface area contributed by atoms with E-state index in [-0.39, 0.29) is 16.9 Å². The van der Waals surface area contributed by atoms with Crippen LogP contribution in [-0.4, -0.2) is 25.8 Å². The van der Waals surface area contributed by atoms with Crippen LogP contribution >= 0.6 is 0 Å². The van der Waals surface area contributed by atoms with Crippen molar-refractivity contribution in [3.63, 3.8) is 0 Å². The number of hydrogen-bond acceptors (Lipinski definition) is 3. The third-order valence-corrected chi connectivity index (χ3v) is 5.34. The maximum Gasteiger partial charge on any atom is 0.146 e. The Morgan fingerprint density at radius 2 is 2.00 bits per heavy atom. The first-order chi connectivity index (χ1) is 8.43. The summed E-state index contributed by atoms with van der Waals surface area (Å²) in [7, 11) is 1.66. The van der Waals surface area contributed by atoms with E-state index in [0.717, 1.165) is 32.1 Å². The Morgan fingerprint density at radius 3 is 2.67 bits per heavy atom. The monoisotopic (exact) mass is 254 g/mol. The van der Waals surface area contributed by atoms with E-state index in [9.17, 15) is 4.79 Å². The van der Waals surface area contributed by atoms with Crippen LogP contribution in [0.2, 0.25) is 0 Å². The van der Waals surface area contributed by atoms with E-state index in [0.29, 0.717) is 18.5 Å². The highest BCUT2D eigenvalue weighted by Crippen LogP contribution is 2.56. The molecule has 2 rings (SSSR count). The van der Waals surface area contributed by atoms with Gasteiger partial charge in [0.1, 0.15) is 12.6 Å². The maximum absolute atomic E-state index is 12.2. The molecule has 18 heavy (non-hydrogen) atoms. The molecule has 0 N–H and O–H groups in total. The van der Waals surface area contributed by atoms with E-state index >= 15 is 0 Å². The number of carbonyl (C=O) groups excluding carboxylic acids is 1. The molecule has 0 spiro atoms. The van der Waals surface area contributed by atoms with Crippen molar-refractivity contribution in [1.29, 1.82) is 0 Å². The minimum atomic E-state index is -0.116. The number of Topliss-reactive ketones (excluding diaryl/α,β-unsaturated/α-hetero) is 1. The van der Waals surface area contributed by atoms with Gasteiger partial charge in [0, 0.05) is 18.9 Å². The normalized spacial score (nSPS) is 39.4. The van der Waals surface area contributed by atoms with Crippen LogP contribution in [0.5, 0.6) is 0 Å². The average molecular weight is 254 g/mol. The Labute approximate surface area is 110 Å². The minimum absolute atomic E-state index is 0.0515. The lowest BCUT2D eigenvalue weighted by Crippen LogP contribution is -2.43. The van der Waals surface area contributed by atoms with Gasteiger partial charge in [0.25, 0.3) is 0 Å². The second-order valence-corrected chi connectivity index (χ2v) is 6.71. The molecule has 3 heteroatoms. The zero-order valence-corrected chi connectivity index (χ0v) is 12.1. The van der Waals surface area contributed by atoms with Crippen molar-refractivity contribution in [2.75, 3.05) is 13.9 Å². The molecule has 2 saturated carbocycles. The summed E-state index contributed by atoms with van der Waals surface area (Å²) in [6.45, 7) is 7.05. The molecule has 3 unspecified atom stereocenters. The van der Waals surface area contributed by atoms with Gasteiger partial charge in [0.15, 0.2) is 0 Å². The van der Waals surface area contributed by atoms with Crippen LogP contribution in [0.25, 0.3) is 0 Å². The summed E-state index contributed by atoms with van der Waals surface area (Å²) in [4.78, 5) is 12.2. The van der Waals surface area contributed by atoms with Crippen LogP contribution in [0.4, 0.5) is 0 Å². The molecule has 3 atom stereocenters. The van der Waals surface area contributed by atoms with Crippen LogP contribution in [0.1, 0.15) is 52.9 Å². The number of methoxy groups -OCH3 is 1. The molecule has 2 aliphatic carbocycles. The van der Waals surface area contributed by atoms with Gasteiger partial charge in [-0.3, -0.25) is 4.79 Å². The first-order valence-electron chi connectivity index (χ1n) is 7.07. The highest BCUT2D eigenvalue weighted by atomic mass is 16.7. The van der Waals surface area contributed by atoms with Crippen LogP contribution in [0.3, 0.4) is 0 Å². The Bertz CT molecular complexity index is 324. The average Bonchev–Trinajstić information content (AvgIpc) is 2.55. The summed E-state index contributed by atoms with van der Waals surface area (Å²) in [5.74, 6) is 0.912. The summed E-state index contributed by atoms with van der Waals surface area (Å²) < 4.78 is 10.9. The zero-order chi connectivity index (χ0) is 13.4. The molecule has 0 aromatic carbocycles. The number of carbonyl (C=O) groups is 1. The minimum Gasteiger partial charge on any atom is -0.359 e. The van der Waals surface area contributed by atoms with Gasteiger partial charge in [-0.2, -0.15) is 0 Å². The Balaban J connectivity index is 2.23. The molecule has 3 nitrogen and oxygen atoms in total. The predicted molar refractivity (Wildman–Crippen MR) is 70.2 cm³/mol. The van der Waals surface area contributed by atoms with Gasteiger partial charge in [-0.05, 0) is 37.0 Å². The molecular weight excluding hydrogens is 228 g/mol. The molecule has 0 aliphatic heterocycles. The lowest BCUT2D eigenvalue weighted by molar-refractivity contribution is -0.138. The zero-order valence-electron chi connectivity index (χ0n) is 12.1. The van der Waals surface area contributed by atoms with E-state index in [2.05, 4.69) is 20.8 Å². The van der Waals surface area contributed by atoms with Crippen molar-refractivity contribution in [1.82, 2.24) is 0 Å². The Hall–Kier alpha value is -0.410. The fourth-order valence-electron chi connectivity index (χ4n) is 4.28.